The molecule has 0 aromatic carbocycles. The maximum absolute atomic E-state index is 13.2. The minimum atomic E-state index is -0.795. The van der Waals surface area contributed by atoms with Crippen LogP contribution in [0.5, 0.6) is 0 Å². The Morgan fingerprint density at radius 2 is 1.79 bits per heavy atom. The molecular formula is C25H43N3O6. The van der Waals surface area contributed by atoms with E-state index in [4.69, 9.17) is 4.74 Å². The summed E-state index contributed by atoms with van der Waals surface area (Å²) in [6, 6.07) is -0.795. The van der Waals surface area contributed by atoms with Crippen molar-refractivity contribution in [2.24, 2.45) is 29.1 Å². The maximum atomic E-state index is 13.2. The molecule has 1 saturated heterocycles. The molecule has 34 heavy (non-hydrogen) atoms. The second-order valence-corrected chi connectivity index (χ2v) is 11.0. The number of Topliss-reactive ketones (excluding diaryl/α,β-unsaturated/α-hetero) is 2. The number of hydrogen-bond acceptors (Lipinski definition) is 7. The number of amides is 2. The smallest absolute Gasteiger partial charge is 0.306 e. The van der Waals surface area contributed by atoms with Gasteiger partial charge in [-0.15, -0.1) is 0 Å². The molecule has 0 bridgehead atoms. The molecule has 4 atom stereocenters. The van der Waals surface area contributed by atoms with Crippen LogP contribution in [-0.4, -0.2) is 48.5 Å². The van der Waals surface area contributed by atoms with Crippen LogP contribution in [0.15, 0.2) is 0 Å². The van der Waals surface area contributed by atoms with E-state index < -0.39 is 35.5 Å². The summed E-state index contributed by atoms with van der Waals surface area (Å²) in [5.41, 5.74) is 4.77. The summed E-state index contributed by atoms with van der Waals surface area (Å²) in [5.74, 6) is -3.82. The van der Waals surface area contributed by atoms with E-state index in [1.165, 1.54) is 0 Å². The van der Waals surface area contributed by atoms with Crippen LogP contribution in [0.3, 0.4) is 0 Å². The van der Waals surface area contributed by atoms with Crippen molar-refractivity contribution in [1.29, 1.82) is 0 Å². The molecule has 0 radical (unpaired) electrons. The third-order valence-electron chi connectivity index (χ3n) is 5.99. The zero-order valence-corrected chi connectivity index (χ0v) is 21.8. The van der Waals surface area contributed by atoms with Crippen molar-refractivity contribution in [3.8, 4) is 0 Å². The summed E-state index contributed by atoms with van der Waals surface area (Å²) in [5, 5.41) is 2.85. The van der Waals surface area contributed by atoms with E-state index in [9.17, 15) is 24.0 Å². The second-order valence-electron chi connectivity index (χ2n) is 11.0. The van der Waals surface area contributed by atoms with Gasteiger partial charge < -0.3 is 10.1 Å². The van der Waals surface area contributed by atoms with E-state index in [0.29, 0.717) is 25.8 Å². The van der Waals surface area contributed by atoms with Gasteiger partial charge >= 0.3 is 11.9 Å². The van der Waals surface area contributed by atoms with Gasteiger partial charge in [0, 0.05) is 18.9 Å². The Labute approximate surface area is 203 Å². The Bertz CT molecular complexity index is 743. The average molecular weight is 482 g/mol. The number of carbonyl (C=O) groups is 5. The van der Waals surface area contributed by atoms with Crippen LogP contribution in [0, 0.1) is 29.1 Å². The molecule has 1 aliphatic heterocycles. The summed E-state index contributed by atoms with van der Waals surface area (Å²) in [7, 11) is 0. The SMILES string of the molecule is CCC(C)C(CC(=O)OCC(C)(C)C)C(=O)NC(CC(C)C)C(=O)CC1CCNNC(=O)C1=O. The molecule has 1 rings (SSSR count). The quantitative estimate of drug-likeness (QED) is 0.288. The normalized spacial score (nSPS) is 19.6. The fourth-order valence-electron chi connectivity index (χ4n) is 3.74. The third kappa shape index (κ3) is 10.3. The Morgan fingerprint density at radius 3 is 2.35 bits per heavy atom. The maximum Gasteiger partial charge on any atom is 0.306 e. The molecule has 194 valence electrons. The van der Waals surface area contributed by atoms with Gasteiger partial charge in [0.2, 0.25) is 11.7 Å². The Kier molecular flexibility index (Phi) is 11.9. The van der Waals surface area contributed by atoms with Crippen LogP contribution in [0.4, 0.5) is 0 Å². The van der Waals surface area contributed by atoms with Crippen molar-refractivity contribution in [3.63, 3.8) is 0 Å². The first-order valence-electron chi connectivity index (χ1n) is 12.3. The lowest BCUT2D eigenvalue weighted by atomic mass is 9.86. The molecular weight excluding hydrogens is 438 g/mol. The molecule has 1 heterocycles. The van der Waals surface area contributed by atoms with Gasteiger partial charge in [-0.2, -0.15) is 0 Å². The predicted molar refractivity (Wildman–Crippen MR) is 128 cm³/mol. The number of hydrogen-bond donors (Lipinski definition) is 3. The number of esters is 1. The first-order chi connectivity index (χ1) is 15.7. The van der Waals surface area contributed by atoms with E-state index in [2.05, 4.69) is 16.2 Å². The van der Waals surface area contributed by atoms with Gasteiger partial charge in [-0.1, -0.05) is 54.9 Å². The fraction of sp³-hybridized carbons (Fsp3) is 0.800. The molecule has 1 aliphatic rings. The van der Waals surface area contributed by atoms with Crippen LogP contribution in [0.1, 0.15) is 80.6 Å². The van der Waals surface area contributed by atoms with Crippen molar-refractivity contribution < 1.29 is 28.7 Å². The van der Waals surface area contributed by atoms with E-state index >= 15 is 0 Å². The second kappa shape index (κ2) is 13.6. The van der Waals surface area contributed by atoms with Crippen molar-refractivity contribution in [3.05, 3.63) is 0 Å². The molecule has 0 aliphatic carbocycles. The summed E-state index contributed by atoms with van der Waals surface area (Å²) in [6.45, 7) is 14.2. The van der Waals surface area contributed by atoms with Gasteiger partial charge in [0.15, 0.2) is 5.78 Å². The van der Waals surface area contributed by atoms with Crippen molar-refractivity contribution in [2.75, 3.05) is 13.2 Å². The van der Waals surface area contributed by atoms with Crippen molar-refractivity contribution >= 4 is 29.4 Å². The largest absolute Gasteiger partial charge is 0.465 e. The van der Waals surface area contributed by atoms with Gasteiger partial charge in [0.25, 0.3) is 0 Å². The van der Waals surface area contributed by atoms with Gasteiger partial charge in [0.05, 0.1) is 25.0 Å². The minimum absolute atomic E-state index is 0.0630. The highest BCUT2D eigenvalue weighted by molar-refractivity contribution is 6.37. The number of carbonyl (C=O) groups excluding carboxylic acids is 5. The molecule has 0 spiro atoms. The number of ether oxygens (including phenoxy) is 1. The monoisotopic (exact) mass is 481 g/mol. The lowest BCUT2D eigenvalue weighted by Crippen LogP contribution is -2.47. The van der Waals surface area contributed by atoms with Gasteiger partial charge in [-0.25, -0.2) is 5.43 Å². The Hall–Kier alpha value is -2.29. The summed E-state index contributed by atoms with van der Waals surface area (Å²) >= 11 is 0. The zero-order valence-electron chi connectivity index (χ0n) is 21.8. The molecule has 1 fully saturated rings. The number of hydrazine groups is 1. The zero-order chi connectivity index (χ0) is 26.1. The molecule has 9 nitrogen and oxygen atoms in total. The molecule has 9 heteroatoms. The molecule has 0 aromatic rings. The Balaban J connectivity index is 2.93. The van der Waals surface area contributed by atoms with E-state index in [0.717, 1.165) is 0 Å². The van der Waals surface area contributed by atoms with Crippen molar-refractivity contribution in [2.45, 2.75) is 86.6 Å². The van der Waals surface area contributed by atoms with Crippen LogP contribution in [-0.2, 0) is 28.7 Å². The highest BCUT2D eigenvalue weighted by Gasteiger charge is 2.34. The lowest BCUT2D eigenvalue weighted by molar-refractivity contribution is -0.150. The molecule has 2 amide bonds. The third-order valence-corrected chi connectivity index (χ3v) is 5.99. The summed E-state index contributed by atoms with van der Waals surface area (Å²) in [4.78, 5) is 62.9. The van der Waals surface area contributed by atoms with Gasteiger partial charge in [-0.3, -0.25) is 29.4 Å². The summed E-state index contributed by atoms with van der Waals surface area (Å²) < 4.78 is 5.37. The molecule has 0 aromatic heterocycles. The topological polar surface area (TPSA) is 131 Å². The standard InChI is InChI=1S/C25H43N3O6/c1-8-16(4)18(13-21(30)34-14-25(5,6)7)23(32)27-19(11-15(2)3)20(29)12-17-9-10-26-28-24(33)22(17)31/h15-19,26H,8-14H2,1-7H3,(H,27,32)(H,28,33). The van der Waals surface area contributed by atoms with Crippen molar-refractivity contribution in [1.82, 2.24) is 16.2 Å². The Morgan fingerprint density at radius 1 is 1.15 bits per heavy atom. The van der Waals surface area contributed by atoms with Crippen LogP contribution < -0.4 is 16.2 Å². The number of nitrogens with one attached hydrogen (secondary N) is 3. The molecule has 4 unspecified atom stereocenters. The highest BCUT2D eigenvalue weighted by atomic mass is 16.5. The van der Waals surface area contributed by atoms with Gasteiger partial charge in [0.1, 0.15) is 0 Å². The number of ketones is 2. The first-order valence-corrected chi connectivity index (χ1v) is 12.3. The lowest BCUT2D eigenvalue weighted by Gasteiger charge is -2.27. The average Bonchev–Trinajstić information content (AvgIpc) is 2.89. The van der Waals surface area contributed by atoms with E-state index in [1.807, 2.05) is 48.5 Å². The fourth-order valence-corrected chi connectivity index (χ4v) is 3.74. The predicted octanol–water partition coefficient (Wildman–Crippen LogP) is 2.33. The van der Waals surface area contributed by atoms with Crippen LogP contribution in [0.2, 0.25) is 0 Å². The highest BCUT2D eigenvalue weighted by Crippen LogP contribution is 2.23. The first kappa shape index (κ1) is 29.7. The van der Waals surface area contributed by atoms with Crippen LogP contribution in [0.25, 0.3) is 0 Å². The van der Waals surface area contributed by atoms with Crippen LogP contribution >= 0.6 is 0 Å². The van der Waals surface area contributed by atoms with E-state index in [1.54, 1.807) is 0 Å². The summed E-state index contributed by atoms with van der Waals surface area (Å²) in [6.07, 6.45) is 1.25. The van der Waals surface area contributed by atoms with E-state index in [-0.39, 0.29) is 48.4 Å². The minimum Gasteiger partial charge on any atom is -0.465 e. The molecule has 0 saturated carbocycles. The van der Waals surface area contributed by atoms with Gasteiger partial charge in [-0.05, 0) is 30.1 Å². The molecule has 3 N–H and O–H groups in total. The number of rotatable bonds is 12.